The van der Waals surface area contributed by atoms with Crippen molar-refractivity contribution in [2.75, 3.05) is 25.0 Å². The van der Waals surface area contributed by atoms with Crippen molar-refractivity contribution in [3.8, 4) is 0 Å². The number of sulfonamides is 1. The summed E-state index contributed by atoms with van der Waals surface area (Å²) >= 11 is 0. The van der Waals surface area contributed by atoms with Crippen molar-refractivity contribution in [2.45, 2.75) is 52.5 Å². The summed E-state index contributed by atoms with van der Waals surface area (Å²) in [5.41, 5.74) is 1.36. The lowest BCUT2D eigenvalue weighted by Gasteiger charge is -2.18. The Hall–Kier alpha value is -3.18. The molecule has 0 bridgehead atoms. The van der Waals surface area contributed by atoms with Crippen molar-refractivity contribution >= 4 is 33.6 Å². The second-order valence-corrected chi connectivity index (χ2v) is 9.76. The molecule has 1 aromatic heterocycles. The van der Waals surface area contributed by atoms with Crippen molar-refractivity contribution in [3.63, 3.8) is 0 Å². The Morgan fingerprint density at radius 2 is 1.74 bits per heavy atom. The predicted molar refractivity (Wildman–Crippen MR) is 126 cm³/mol. The van der Waals surface area contributed by atoms with Crippen molar-refractivity contribution in [1.82, 2.24) is 9.29 Å². The first kappa shape index (κ1) is 27.1. The summed E-state index contributed by atoms with van der Waals surface area (Å²) in [7, 11) is -3.69. The summed E-state index contributed by atoms with van der Waals surface area (Å²) in [5.74, 6) is -2.01. The minimum atomic E-state index is -3.69. The van der Waals surface area contributed by atoms with E-state index in [4.69, 9.17) is 9.47 Å². The van der Waals surface area contributed by atoms with Gasteiger partial charge in [0, 0.05) is 24.5 Å². The predicted octanol–water partition coefficient (Wildman–Crippen LogP) is 3.02. The van der Waals surface area contributed by atoms with Crippen LogP contribution in [0.4, 0.5) is 5.69 Å². The molecule has 0 saturated carbocycles. The molecule has 0 saturated heterocycles. The van der Waals surface area contributed by atoms with E-state index in [9.17, 15) is 22.8 Å². The molecule has 11 heteroatoms. The highest BCUT2D eigenvalue weighted by Crippen LogP contribution is 2.21. The number of hydrogen-bond donors (Lipinski definition) is 2. The average molecular weight is 494 g/mol. The van der Waals surface area contributed by atoms with Crippen LogP contribution in [0.15, 0.2) is 29.2 Å². The quantitative estimate of drug-likeness (QED) is 0.486. The van der Waals surface area contributed by atoms with Crippen LogP contribution in [0.1, 0.15) is 59.8 Å². The number of benzene rings is 1. The zero-order valence-corrected chi connectivity index (χ0v) is 21.0. The van der Waals surface area contributed by atoms with Gasteiger partial charge in [-0.1, -0.05) is 19.9 Å². The lowest BCUT2D eigenvalue weighted by atomic mass is 10.1. The number of amides is 1. The second-order valence-electron chi connectivity index (χ2n) is 7.82. The monoisotopic (exact) mass is 493 g/mol. The number of hydrogen-bond acceptors (Lipinski definition) is 7. The van der Waals surface area contributed by atoms with E-state index in [2.05, 4.69) is 10.3 Å². The SMILES string of the molecule is CCN(CC)S(=O)(=O)c1cccc(NC(=O)COC(=O)c2[nH]c(C)c(C(=O)OC(C)C)c2C)c1. The number of H-pyrrole nitrogens is 1. The molecule has 2 N–H and O–H groups in total. The van der Waals surface area contributed by atoms with Gasteiger partial charge in [-0.05, 0) is 51.5 Å². The van der Waals surface area contributed by atoms with Crippen molar-refractivity contribution in [1.29, 1.82) is 0 Å². The number of anilines is 1. The van der Waals surface area contributed by atoms with Gasteiger partial charge in [0.2, 0.25) is 10.0 Å². The summed E-state index contributed by atoms with van der Waals surface area (Å²) in [6.45, 7) is 10.2. The summed E-state index contributed by atoms with van der Waals surface area (Å²) in [6, 6.07) is 5.84. The molecule has 0 fully saturated rings. The summed E-state index contributed by atoms with van der Waals surface area (Å²) in [6.07, 6.45) is -0.319. The third-order valence-corrected chi connectivity index (χ3v) is 7.03. The number of esters is 2. The lowest BCUT2D eigenvalue weighted by Crippen LogP contribution is -2.30. The number of rotatable bonds is 10. The fourth-order valence-electron chi connectivity index (χ4n) is 3.38. The molecule has 0 aliphatic heterocycles. The number of aryl methyl sites for hydroxylation is 1. The molecule has 10 nitrogen and oxygen atoms in total. The van der Waals surface area contributed by atoms with E-state index in [0.29, 0.717) is 24.3 Å². The maximum Gasteiger partial charge on any atom is 0.355 e. The van der Waals surface area contributed by atoms with Crippen LogP contribution in [0, 0.1) is 13.8 Å². The molecule has 1 amide bonds. The van der Waals surface area contributed by atoms with Crippen LogP contribution in [0.3, 0.4) is 0 Å². The van der Waals surface area contributed by atoms with Gasteiger partial charge in [0.1, 0.15) is 5.69 Å². The molecule has 1 heterocycles. The maximum absolute atomic E-state index is 12.7. The Bertz CT molecular complexity index is 1170. The van der Waals surface area contributed by atoms with Gasteiger partial charge in [0.25, 0.3) is 5.91 Å². The Balaban J connectivity index is 2.07. The molecule has 2 aromatic rings. The number of aromatic amines is 1. The van der Waals surface area contributed by atoms with Gasteiger partial charge in [-0.15, -0.1) is 0 Å². The van der Waals surface area contributed by atoms with Gasteiger partial charge in [-0.3, -0.25) is 4.79 Å². The van der Waals surface area contributed by atoms with Gasteiger partial charge in [0.05, 0.1) is 16.6 Å². The summed E-state index contributed by atoms with van der Waals surface area (Å²) < 4.78 is 36.9. The van der Waals surface area contributed by atoms with Gasteiger partial charge < -0.3 is 19.8 Å². The highest BCUT2D eigenvalue weighted by Gasteiger charge is 2.25. The van der Waals surface area contributed by atoms with E-state index in [-0.39, 0.29) is 27.9 Å². The Kier molecular flexibility index (Phi) is 9.00. The molecule has 0 unspecified atom stereocenters. The van der Waals surface area contributed by atoms with Gasteiger partial charge in [-0.2, -0.15) is 4.31 Å². The minimum absolute atomic E-state index is 0.0456. The van der Waals surface area contributed by atoms with E-state index in [1.807, 2.05) is 0 Å². The minimum Gasteiger partial charge on any atom is -0.459 e. The van der Waals surface area contributed by atoms with E-state index < -0.39 is 34.5 Å². The number of nitrogens with zero attached hydrogens (tertiary/aromatic N) is 1. The highest BCUT2D eigenvalue weighted by atomic mass is 32.2. The highest BCUT2D eigenvalue weighted by molar-refractivity contribution is 7.89. The lowest BCUT2D eigenvalue weighted by molar-refractivity contribution is -0.119. The number of nitrogens with one attached hydrogen (secondary N) is 2. The fraction of sp³-hybridized carbons (Fsp3) is 0.435. The van der Waals surface area contributed by atoms with E-state index in [0.717, 1.165) is 0 Å². The topological polar surface area (TPSA) is 135 Å². The fourth-order valence-corrected chi connectivity index (χ4v) is 4.88. The molecule has 0 spiro atoms. The van der Waals surface area contributed by atoms with Crippen LogP contribution in [0.25, 0.3) is 0 Å². The Morgan fingerprint density at radius 3 is 2.32 bits per heavy atom. The van der Waals surface area contributed by atoms with Crippen LogP contribution in [-0.4, -0.2) is 61.4 Å². The van der Waals surface area contributed by atoms with E-state index >= 15 is 0 Å². The molecule has 0 atom stereocenters. The summed E-state index contributed by atoms with van der Waals surface area (Å²) in [5, 5.41) is 2.52. The average Bonchev–Trinajstić information content (AvgIpc) is 3.06. The molecule has 0 aliphatic carbocycles. The third-order valence-electron chi connectivity index (χ3n) is 4.98. The summed E-state index contributed by atoms with van der Waals surface area (Å²) in [4.78, 5) is 39.9. The Morgan fingerprint density at radius 1 is 1.09 bits per heavy atom. The van der Waals surface area contributed by atoms with Crippen LogP contribution < -0.4 is 5.32 Å². The molecule has 2 rings (SSSR count). The van der Waals surface area contributed by atoms with Gasteiger partial charge in [-0.25, -0.2) is 18.0 Å². The standard InChI is InChI=1S/C23H31N3O7S/c1-7-26(8-2)34(30,31)18-11-9-10-17(12-18)25-19(27)13-32-23(29)21-15(5)20(16(6)24-21)22(28)33-14(3)4/h9-12,14,24H,7-8,13H2,1-6H3,(H,25,27). The van der Waals surface area contributed by atoms with Crippen LogP contribution in [0.2, 0.25) is 0 Å². The molecule has 0 radical (unpaired) electrons. The smallest absolute Gasteiger partial charge is 0.355 e. The van der Waals surface area contributed by atoms with Gasteiger partial charge >= 0.3 is 11.9 Å². The largest absolute Gasteiger partial charge is 0.459 e. The van der Waals surface area contributed by atoms with Crippen LogP contribution in [-0.2, 0) is 24.3 Å². The van der Waals surface area contributed by atoms with Crippen LogP contribution in [0.5, 0.6) is 0 Å². The molecule has 186 valence electrons. The third kappa shape index (κ3) is 6.23. The zero-order chi connectivity index (χ0) is 25.6. The van der Waals surface area contributed by atoms with Crippen molar-refractivity contribution in [3.05, 3.63) is 46.8 Å². The number of carbonyl (C=O) groups is 3. The van der Waals surface area contributed by atoms with Crippen LogP contribution >= 0.6 is 0 Å². The van der Waals surface area contributed by atoms with Crippen molar-refractivity contribution in [2.24, 2.45) is 0 Å². The second kappa shape index (κ2) is 11.3. The van der Waals surface area contributed by atoms with Gasteiger partial charge in [0.15, 0.2) is 6.61 Å². The molecule has 34 heavy (non-hydrogen) atoms. The van der Waals surface area contributed by atoms with E-state index in [1.54, 1.807) is 41.5 Å². The normalized spacial score (nSPS) is 11.5. The van der Waals surface area contributed by atoms with E-state index in [1.165, 1.54) is 28.6 Å². The molecule has 1 aromatic carbocycles. The molecular weight excluding hydrogens is 462 g/mol. The first-order valence-corrected chi connectivity index (χ1v) is 12.3. The number of ether oxygens (including phenoxy) is 2. The van der Waals surface area contributed by atoms with Crippen molar-refractivity contribution < 1.29 is 32.3 Å². The maximum atomic E-state index is 12.7. The molecule has 0 aliphatic rings. The Labute approximate surface area is 199 Å². The number of aromatic nitrogens is 1. The molecular formula is C23H31N3O7S. The first-order valence-electron chi connectivity index (χ1n) is 10.9. The number of carbonyl (C=O) groups excluding carboxylic acids is 3. The zero-order valence-electron chi connectivity index (χ0n) is 20.2. The first-order chi connectivity index (χ1) is 15.9.